The van der Waals surface area contributed by atoms with Gasteiger partial charge in [-0.05, 0) is 36.8 Å². The van der Waals surface area contributed by atoms with Crippen molar-refractivity contribution < 1.29 is 29.1 Å². The molecule has 1 unspecified atom stereocenters. The molecule has 3 aromatic heterocycles. The van der Waals surface area contributed by atoms with Crippen LogP contribution in [-0.2, 0) is 16.0 Å². The van der Waals surface area contributed by atoms with Gasteiger partial charge in [-0.1, -0.05) is 23.4 Å². The molecule has 2 amide bonds. The maximum absolute atomic E-state index is 13.9. The normalized spacial score (nSPS) is 16.7. The molecule has 6 rings (SSSR count). The predicted octanol–water partition coefficient (Wildman–Crippen LogP) is 1.54. The van der Waals surface area contributed by atoms with Gasteiger partial charge in [-0.2, -0.15) is 0 Å². The number of benzene rings is 2. The Morgan fingerprint density at radius 2 is 2.02 bits per heavy atom. The van der Waals surface area contributed by atoms with Gasteiger partial charge in [0.15, 0.2) is 29.1 Å². The second-order valence-corrected chi connectivity index (χ2v) is 10.2. The number of carbonyl (C=O) groups is 2. The zero-order valence-electron chi connectivity index (χ0n) is 23.0. The number of nitrogens with one attached hydrogen (secondary N) is 1. The summed E-state index contributed by atoms with van der Waals surface area (Å²) < 4.78 is 12.7. The highest BCUT2D eigenvalue weighted by Crippen LogP contribution is 2.29. The number of aliphatic hydroxyl groups is 1. The highest BCUT2D eigenvalue weighted by Gasteiger charge is 2.47. The first-order valence-electron chi connectivity index (χ1n) is 13.4. The van der Waals surface area contributed by atoms with Crippen molar-refractivity contribution in [2.24, 2.45) is 0 Å². The van der Waals surface area contributed by atoms with Crippen LogP contribution < -0.4 is 16.0 Å². The van der Waals surface area contributed by atoms with Gasteiger partial charge in [-0.3, -0.25) is 14.5 Å². The van der Waals surface area contributed by atoms with Gasteiger partial charge in [0.1, 0.15) is 17.2 Å². The lowest BCUT2D eigenvalue weighted by molar-refractivity contribution is -0.157. The first-order chi connectivity index (χ1) is 20.7. The van der Waals surface area contributed by atoms with Crippen molar-refractivity contribution in [3.63, 3.8) is 0 Å². The number of fused-ring (bicyclic) bond motifs is 1. The second kappa shape index (κ2) is 11.2. The molecule has 1 aliphatic heterocycles. The number of aromatic hydroxyl groups is 1. The van der Waals surface area contributed by atoms with E-state index in [0.717, 1.165) is 0 Å². The molecule has 5 aromatic rings. The molecule has 1 saturated heterocycles. The van der Waals surface area contributed by atoms with Crippen LogP contribution in [0.25, 0.3) is 16.8 Å². The first kappa shape index (κ1) is 27.8. The maximum Gasteiger partial charge on any atom is 0.260 e. The molecular weight excluding hydrogens is 556 g/mol. The minimum Gasteiger partial charge on any atom is -0.507 e. The van der Waals surface area contributed by atoms with Crippen LogP contribution >= 0.6 is 0 Å². The van der Waals surface area contributed by atoms with Gasteiger partial charge >= 0.3 is 0 Å². The molecule has 14 nitrogen and oxygen atoms in total. The Morgan fingerprint density at radius 3 is 2.84 bits per heavy atom. The summed E-state index contributed by atoms with van der Waals surface area (Å²) in [6, 6.07) is 14.5. The number of ether oxygens (including phenoxy) is 1. The van der Waals surface area contributed by atoms with Gasteiger partial charge in [0.2, 0.25) is 0 Å². The number of nitrogens with zero attached hydrogens (tertiary/aromatic N) is 6. The Bertz CT molecular complexity index is 1820. The second-order valence-electron chi connectivity index (χ2n) is 10.2. The highest BCUT2D eigenvalue weighted by molar-refractivity contribution is 5.98. The molecule has 220 valence electrons. The number of nitrogens with two attached hydrogens (primary N) is 1. The summed E-state index contributed by atoms with van der Waals surface area (Å²) in [6.07, 6.45) is 1.80. The third kappa shape index (κ3) is 5.48. The van der Waals surface area contributed by atoms with E-state index in [0.29, 0.717) is 34.0 Å². The number of aryl methyl sites for hydroxylation is 1. The predicted molar refractivity (Wildman–Crippen MR) is 153 cm³/mol. The number of amides is 2. The van der Waals surface area contributed by atoms with Crippen molar-refractivity contribution in [3.05, 3.63) is 83.9 Å². The Morgan fingerprint density at radius 1 is 1.19 bits per heavy atom. The van der Waals surface area contributed by atoms with Crippen molar-refractivity contribution in [3.8, 4) is 11.6 Å². The number of hydrogen-bond donors (Lipinski definition) is 4. The minimum absolute atomic E-state index is 0.0198. The van der Waals surface area contributed by atoms with Gasteiger partial charge in [-0.15, -0.1) is 5.10 Å². The summed E-state index contributed by atoms with van der Waals surface area (Å²) in [6.45, 7) is 1.68. The molecule has 1 fully saturated rings. The standard InChI is InChI=1S/C29H28N8O6/c1-17-31-10-8-23(33-17)37-11-9-24(34-37)36-12-13-42-25(28(36)40)29(41,16-32-27(39)19-4-2-3-5-21(19)38)15-18-6-7-20-22(14-18)43-35-26(20)30/h2-11,14,25,38,41H,12-13,15-16H2,1H3,(H2,30,35)(H,32,39)/t25-,29?/m0/s1. The molecule has 43 heavy (non-hydrogen) atoms. The molecule has 5 N–H and O–H groups in total. The monoisotopic (exact) mass is 584 g/mol. The van der Waals surface area contributed by atoms with E-state index >= 15 is 0 Å². The van der Waals surface area contributed by atoms with E-state index in [4.69, 9.17) is 15.0 Å². The number of carbonyl (C=O) groups excluding carboxylic acids is 2. The summed E-state index contributed by atoms with van der Waals surface area (Å²) in [5.41, 5.74) is 4.92. The first-order valence-corrected chi connectivity index (χ1v) is 13.4. The van der Waals surface area contributed by atoms with Crippen LogP contribution in [-0.4, -0.2) is 78.3 Å². The summed E-state index contributed by atoms with van der Waals surface area (Å²) in [4.78, 5) is 36.8. The van der Waals surface area contributed by atoms with Crippen LogP contribution in [0.4, 0.5) is 11.6 Å². The van der Waals surface area contributed by atoms with Gasteiger partial charge < -0.3 is 30.5 Å². The molecule has 0 spiro atoms. The zero-order valence-corrected chi connectivity index (χ0v) is 23.0. The van der Waals surface area contributed by atoms with E-state index in [-0.39, 0.29) is 43.2 Å². The van der Waals surface area contributed by atoms with Crippen LogP contribution in [0, 0.1) is 6.92 Å². The lowest BCUT2D eigenvalue weighted by Crippen LogP contribution is -2.63. The quantitative estimate of drug-likeness (QED) is 0.207. The molecule has 2 atom stereocenters. The Kier molecular flexibility index (Phi) is 7.21. The molecule has 0 aliphatic carbocycles. The van der Waals surface area contributed by atoms with Crippen LogP contribution in [0.15, 0.2) is 71.5 Å². The lowest BCUT2D eigenvalue weighted by atomic mass is 9.86. The third-order valence-corrected chi connectivity index (χ3v) is 7.20. The summed E-state index contributed by atoms with van der Waals surface area (Å²) in [5.74, 6) is 0.275. The molecule has 1 aliphatic rings. The van der Waals surface area contributed by atoms with Crippen molar-refractivity contribution in [1.29, 1.82) is 0 Å². The average molecular weight is 585 g/mol. The molecular formula is C29H28N8O6. The third-order valence-electron chi connectivity index (χ3n) is 7.20. The Labute approximate surface area is 244 Å². The largest absolute Gasteiger partial charge is 0.507 e. The molecule has 0 saturated carbocycles. The van der Waals surface area contributed by atoms with E-state index in [1.165, 1.54) is 21.7 Å². The number of para-hydroxylation sites is 1. The van der Waals surface area contributed by atoms with Gasteiger partial charge in [0.05, 0.1) is 30.6 Å². The average Bonchev–Trinajstić information content (AvgIpc) is 3.63. The molecule has 0 bridgehead atoms. The van der Waals surface area contributed by atoms with Gasteiger partial charge in [0, 0.05) is 30.9 Å². The summed E-state index contributed by atoms with van der Waals surface area (Å²) in [7, 11) is 0. The fraction of sp³-hybridized carbons (Fsp3) is 0.241. The molecule has 2 aromatic carbocycles. The van der Waals surface area contributed by atoms with E-state index in [2.05, 4.69) is 25.5 Å². The number of anilines is 2. The minimum atomic E-state index is -1.93. The molecule has 14 heteroatoms. The number of hydrogen-bond acceptors (Lipinski definition) is 11. The smallest absolute Gasteiger partial charge is 0.260 e. The Balaban J connectivity index is 1.30. The van der Waals surface area contributed by atoms with Crippen molar-refractivity contribution in [1.82, 2.24) is 30.2 Å². The zero-order chi connectivity index (χ0) is 30.1. The van der Waals surface area contributed by atoms with Crippen molar-refractivity contribution >= 4 is 34.4 Å². The Hall–Kier alpha value is -5.34. The highest BCUT2D eigenvalue weighted by atomic mass is 16.5. The number of morpholine rings is 1. The van der Waals surface area contributed by atoms with Crippen LogP contribution in [0.3, 0.4) is 0 Å². The van der Waals surface area contributed by atoms with Crippen LogP contribution in [0.1, 0.15) is 21.7 Å². The molecule has 0 radical (unpaired) electrons. The van der Waals surface area contributed by atoms with Gasteiger partial charge in [-0.25, -0.2) is 14.6 Å². The van der Waals surface area contributed by atoms with E-state index < -0.39 is 23.5 Å². The van der Waals surface area contributed by atoms with E-state index in [1.54, 1.807) is 61.8 Å². The number of rotatable bonds is 8. The van der Waals surface area contributed by atoms with E-state index in [9.17, 15) is 19.8 Å². The summed E-state index contributed by atoms with van der Waals surface area (Å²) >= 11 is 0. The maximum atomic E-state index is 13.9. The van der Waals surface area contributed by atoms with Crippen LogP contribution in [0.5, 0.6) is 5.75 Å². The number of aromatic nitrogens is 5. The SMILES string of the molecule is Cc1nccc(-n2ccc(N3CCO[C@H](C(O)(CNC(=O)c4ccccc4O)Cc4ccc5c(N)noc5c4)C3=O)n2)n1. The van der Waals surface area contributed by atoms with Gasteiger partial charge in [0.25, 0.3) is 11.8 Å². The number of nitrogen functional groups attached to an aromatic ring is 1. The topological polar surface area (TPSA) is 195 Å². The lowest BCUT2D eigenvalue weighted by Gasteiger charge is -2.40. The fourth-order valence-corrected chi connectivity index (χ4v) is 5.06. The van der Waals surface area contributed by atoms with E-state index in [1.807, 2.05) is 0 Å². The number of phenolic OH excluding ortho intramolecular Hbond substituents is 1. The van der Waals surface area contributed by atoms with Crippen molar-refractivity contribution in [2.45, 2.75) is 25.0 Å². The summed E-state index contributed by atoms with van der Waals surface area (Å²) in [5, 5.41) is 33.8. The molecule has 4 heterocycles. The fourth-order valence-electron chi connectivity index (χ4n) is 5.06. The van der Waals surface area contributed by atoms with Crippen molar-refractivity contribution in [2.75, 3.05) is 30.3 Å². The number of phenols is 1. The van der Waals surface area contributed by atoms with Crippen LogP contribution in [0.2, 0.25) is 0 Å².